The molecule has 0 fully saturated rings. The number of methoxy groups -OCH3 is 1. The Bertz CT molecular complexity index is 432. The van der Waals surface area contributed by atoms with Crippen LogP contribution in [0, 0.1) is 0 Å². The molecule has 152 valence electrons. The van der Waals surface area contributed by atoms with Crippen LogP contribution in [0.15, 0.2) is 0 Å². The minimum atomic E-state index is -0.504. The number of nitrogens with one attached hydrogen (secondary N) is 1. The summed E-state index contributed by atoms with van der Waals surface area (Å²) in [7, 11) is 1.29. The van der Waals surface area contributed by atoms with Crippen molar-refractivity contribution in [1.82, 2.24) is 5.43 Å². The molecule has 3 N–H and O–H groups in total. The highest BCUT2D eigenvalue weighted by molar-refractivity contribution is 5.80. The molecule has 0 aromatic heterocycles. The lowest BCUT2D eigenvalue weighted by Gasteiger charge is -2.19. The van der Waals surface area contributed by atoms with Crippen LogP contribution in [-0.2, 0) is 33.4 Å². The van der Waals surface area contributed by atoms with Crippen molar-refractivity contribution >= 4 is 23.8 Å². The smallest absolute Gasteiger partial charge is 0.306 e. The highest BCUT2D eigenvalue weighted by atomic mass is 16.6. The zero-order chi connectivity index (χ0) is 21.0. The number of nitrogens with two attached hydrogens (primary N) is 1. The van der Waals surface area contributed by atoms with Gasteiger partial charge in [-0.2, -0.15) is 0 Å². The van der Waals surface area contributed by atoms with E-state index in [2.05, 4.69) is 4.74 Å². The van der Waals surface area contributed by atoms with Crippen molar-refractivity contribution in [3.63, 3.8) is 0 Å². The van der Waals surface area contributed by atoms with E-state index < -0.39 is 23.1 Å². The largest absolute Gasteiger partial charge is 0.469 e. The lowest BCUT2D eigenvalue weighted by molar-refractivity contribution is -0.157. The first kappa shape index (κ1) is 26.1. The molecule has 0 bridgehead atoms. The molecule has 0 rings (SSSR count). The van der Waals surface area contributed by atoms with E-state index in [1.54, 1.807) is 41.5 Å². The number of carbonyl (C=O) groups excluding carboxylic acids is 4. The third-order valence-corrected chi connectivity index (χ3v) is 2.32. The van der Waals surface area contributed by atoms with Gasteiger partial charge < -0.3 is 14.2 Å². The molecule has 0 heterocycles. The Labute approximate surface area is 154 Å². The SMILES string of the molecule is CC(C)(C)OC(=O)CCC(=O)NN.COC(=O)CCC(=O)OC(C)(C)C. The highest BCUT2D eigenvalue weighted by Crippen LogP contribution is 2.09. The van der Waals surface area contributed by atoms with Crippen LogP contribution in [0.1, 0.15) is 67.2 Å². The van der Waals surface area contributed by atoms with Gasteiger partial charge in [0.1, 0.15) is 11.2 Å². The van der Waals surface area contributed by atoms with Crippen LogP contribution in [0.2, 0.25) is 0 Å². The second-order valence-electron chi connectivity index (χ2n) is 7.32. The van der Waals surface area contributed by atoms with Crippen LogP contribution < -0.4 is 11.3 Å². The van der Waals surface area contributed by atoms with E-state index in [0.717, 1.165) is 0 Å². The molecule has 0 aromatic rings. The summed E-state index contributed by atoms with van der Waals surface area (Å²) in [5.74, 6) is 3.30. The van der Waals surface area contributed by atoms with Crippen molar-refractivity contribution in [2.45, 2.75) is 78.4 Å². The van der Waals surface area contributed by atoms with Gasteiger partial charge in [0.2, 0.25) is 5.91 Å². The zero-order valence-electron chi connectivity index (χ0n) is 16.8. The van der Waals surface area contributed by atoms with Gasteiger partial charge in [-0.25, -0.2) is 5.84 Å². The minimum absolute atomic E-state index is 0.0559. The predicted octanol–water partition coefficient (Wildman–Crippen LogP) is 1.38. The summed E-state index contributed by atoms with van der Waals surface area (Å²) in [5.41, 5.74) is 0.940. The second-order valence-corrected chi connectivity index (χ2v) is 7.32. The van der Waals surface area contributed by atoms with Crippen LogP contribution in [0.4, 0.5) is 0 Å². The summed E-state index contributed by atoms with van der Waals surface area (Å²) < 4.78 is 14.3. The Balaban J connectivity index is 0. The van der Waals surface area contributed by atoms with Gasteiger partial charge in [0.05, 0.1) is 26.4 Å². The summed E-state index contributed by atoms with van der Waals surface area (Å²) >= 11 is 0. The number of rotatable bonds is 6. The van der Waals surface area contributed by atoms with Gasteiger partial charge in [-0.05, 0) is 41.5 Å². The monoisotopic (exact) mass is 376 g/mol. The number of ether oxygens (including phenoxy) is 3. The van der Waals surface area contributed by atoms with Gasteiger partial charge in [0.25, 0.3) is 0 Å². The van der Waals surface area contributed by atoms with Gasteiger partial charge in [-0.15, -0.1) is 0 Å². The average Bonchev–Trinajstić information content (AvgIpc) is 2.47. The summed E-state index contributed by atoms with van der Waals surface area (Å²) in [6, 6.07) is 0. The van der Waals surface area contributed by atoms with Crippen LogP contribution in [0.3, 0.4) is 0 Å². The number of hydrogen-bond acceptors (Lipinski definition) is 8. The van der Waals surface area contributed by atoms with Crippen LogP contribution in [0.5, 0.6) is 0 Å². The van der Waals surface area contributed by atoms with Crippen molar-refractivity contribution < 1.29 is 33.4 Å². The van der Waals surface area contributed by atoms with Crippen molar-refractivity contribution in [2.24, 2.45) is 5.84 Å². The molecule has 0 saturated heterocycles. The van der Waals surface area contributed by atoms with Gasteiger partial charge in [0.15, 0.2) is 0 Å². The van der Waals surface area contributed by atoms with Gasteiger partial charge in [-0.1, -0.05) is 0 Å². The predicted molar refractivity (Wildman–Crippen MR) is 94.5 cm³/mol. The Morgan fingerprint density at radius 1 is 0.731 bits per heavy atom. The van der Waals surface area contributed by atoms with Gasteiger partial charge >= 0.3 is 17.9 Å². The summed E-state index contributed by atoms with van der Waals surface area (Å²) in [6.07, 6.45) is 0.265. The van der Waals surface area contributed by atoms with E-state index >= 15 is 0 Å². The van der Waals surface area contributed by atoms with E-state index in [1.165, 1.54) is 7.11 Å². The van der Waals surface area contributed by atoms with Crippen LogP contribution in [0.25, 0.3) is 0 Å². The molecule has 0 radical (unpaired) electrons. The number of esters is 3. The van der Waals surface area contributed by atoms with Crippen LogP contribution >= 0.6 is 0 Å². The van der Waals surface area contributed by atoms with Crippen LogP contribution in [-0.4, -0.2) is 42.1 Å². The molecule has 9 heteroatoms. The first-order valence-electron chi connectivity index (χ1n) is 8.20. The fraction of sp³-hybridized carbons (Fsp3) is 0.765. The molecule has 1 amide bonds. The number of amides is 1. The molecule has 0 atom stereocenters. The maximum atomic E-state index is 11.0. The molecule has 0 aromatic carbocycles. The molecular formula is C17H32N2O7. The standard InChI is InChI=1S/C9H16O4.C8H16N2O3/c1-9(2,3)13-8(11)6-5-7(10)12-4;1-8(2,3)13-7(12)5-4-6(11)10-9/h5-6H2,1-4H3;4-5,9H2,1-3H3,(H,10,11). The van der Waals surface area contributed by atoms with E-state index in [-0.39, 0.29) is 37.6 Å². The van der Waals surface area contributed by atoms with Gasteiger partial charge in [-0.3, -0.25) is 24.6 Å². The molecule has 0 aliphatic rings. The van der Waals surface area contributed by atoms with E-state index in [9.17, 15) is 19.2 Å². The third kappa shape index (κ3) is 19.9. The average molecular weight is 376 g/mol. The summed E-state index contributed by atoms with van der Waals surface area (Å²) in [4.78, 5) is 43.4. The molecule has 0 aliphatic carbocycles. The van der Waals surface area contributed by atoms with E-state index in [1.807, 2.05) is 5.43 Å². The Morgan fingerprint density at radius 3 is 1.38 bits per heavy atom. The molecule has 9 nitrogen and oxygen atoms in total. The highest BCUT2D eigenvalue weighted by Gasteiger charge is 2.17. The molecular weight excluding hydrogens is 344 g/mol. The number of hydrogen-bond donors (Lipinski definition) is 2. The van der Waals surface area contributed by atoms with Gasteiger partial charge in [0, 0.05) is 6.42 Å². The summed E-state index contributed by atoms with van der Waals surface area (Å²) in [6.45, 7) is 10.7. The normalized spacial score (nSPS) is 10.8. The first-order valence-corrected chi connectivity index (χ1v) is 8.20. The maximum Gasteiger partial charge on any atom is 0.306 e. The molecule has 0 saturated carbocycles. The zero-order valence-corrected chi connectivity index (χ0v) is 16.8. The fourth-order valence-corrected chi connectivity index (χ4v) is 1.38. The third-order valence-electron chi connectivity index (χ3n) is 2.32. The van der Waals surface area contributed by atoms with Crippen molar-refractivity contribution in [3.8, 4) is 0 Å². The Kier molecular flexibility index (Phi) is 12.3. The number of hydrazine groups is 1. The molecule has 26 heavy (non-hydrogen) atoms. The molecule has 0 aliphatic heterocycles. The van der Waals surface area contributed by atoms with Crippen molar-refractivity contribution in [1.29, 1.82) is 0 Å². The Hall–Kier alpha value is -2.16. The maximum absolute atomic E-state index is 11.0. The summed E-state index contributed by atoms with van der Waals surface area (Å²) in [5, 5.41) is 0. The fourth-order valence-electron chi connectivity index (χ4n) is 1.38. The lowest BCUT2D eigenvalue weighted by Crippen LogP contribution is -2.31. The van der Waals surface area contributed by atoms with E-state index in [0.29, 0.717) is 0 Å². The molecule has 0 unspecified atom stereocenters. The molecule has 0 spiro atoms. The van der Waals surface area contributed by atoms with E-state index in [4.69, 9.17) is 15.3 Å². The lowest BCUT2D eigenvalue weighted by atomic mass is 10.2. The minimum Gasteiger partial charge on any atom is -0.469 e. The first-order chi connectivity index (χ1) is 11.7. The van der Waals surface area contributed by atoms with Crippen molar-refractivity contribution in [2.75, 3.05) is 7.11 Å². The Morgan fingerprint density at radius 2 is 1.08 bits per heavy atom. The van der Waals surface area contributed by atoms with Crippen molar-refractivity contribution in [3.05, 3.63) is 0 Å². The quantitative estimate of drug-likeness (QED) is 0.233. The second kappa shape index (κ2) is 12.2. The number of carbonyl (C=O) groups is 4. The topological polar surface area (TPSA) is 134 Å².